The molecule has 80 valence electrons. The summed E-state index contributed by atoms with van der Waals surface area (Å²) in [6.45, 7) is 2.03. The zero-order chi connectivity index (χ0) is 10.9. The monoisotopic (exact) mass is 205 g/mol. The number of nitrogens with zero attached hydrogens (tertiary/aromatic N) is 1. The van der Waals surface area contributed by atoms with Gasteiger partial charge in [-0.1, -0.05) is 6.07 Å². The molecule has 1 amide bonds. The molecular formula is C11H15N3O. The van der Waals surface area contributed by atoms with Crippen LogP contribution in [0.4, 0.5) is 0 Å². The van der Waals surface area contributed by atoms with E-state index in [9.17, 15) is 4.79 Å². The van der Waals surface area contributed by atoms with Gasteiger partial charge in [-0.25, -0.2) is 0 Å². The molecule has 1 fully saturated rings. The van der Waals surface area contributed by atoms with E-state index in [4.69, 9.17) is 5.73 Å². The molecule has 1 aliphatic rings. The number of rotatable bonds is 3. The van der Waals surface area contributed by atoms with Crippen LogP contribution in [0.2, 0.25) is 0 Å². The largest absolute Gasteiger partial charge is 0.352 e. The molecule has 15 heavy (non-hydrogen) atoms. The first-order valence-corrected chi connectivity index (χ1v) is 5.09. The van der Waals surface area contributed by atoms with Crippen molar-refractivity contribution in [3.63, 3.8) is 0 Å². The van der Waals surface area contributed by atoms with Crippen molar-refractivity contribution in [1.29, 1.82) is 0 Å². The standard InChI is InChI=1S/C11H15N3O/c1-8(15)13-6-9-2-3-10(14-7-9)11(12)4-5-11/h2-3,7H,4-6,12H2,1H3,(H,13,15). The van der Waals surface area contributed by atoms with Crippen molar-refractivity contribution in [3.05, 3.63) is 29.6 Å². The molecule has 4 heteroatoms. The molecule has 0 spiro atoms. The Labute approximate surface area is 88.9 Å². The average molecular weight is 205 g/mol. The summed E-state index contributed by atoms with van der Waals surface area (Å²) >= 11 is 0. The summed E-state index contributed by atoms with van der Waals surface area (Å²) in [5.74, 6) is -0.0310. The van der Waals surface area contributed by atoms with Gasteiger partial charge in [0.2, 0.25) is 5.91 Å². The molecule has 2 rings (SSSR count). The fourth-order valence-corrected chi connectivity index (χ4v) is 1.44. The van der Waals surface area contributed by atoms with Gasteiger partial charge in [0.25, 0.3) is 0 Å². The van der Waals surface area contributed by atoms with E-state index in [0.717, 1.165) is 24.1 Å². The quantitative estimate of drug-likeness (QED) is 0.762. The highest BCUT2D eigenvalue weighted by Gasteiger charge is 2.41. The second kappa shape index (κ2) is 3.62. The number of nitrogens with two attached hydrogens (primary N) is 1. The van der Waals surface area contributed by atoms with Crippen LogP contribution in [0.15, 0.2) is 18.3 Å². The van der Waals surface area contributed by atoms with Crippen LogP contribution < -0.4 is 11.1 Å². The Hall–Kier alpha value is -1.42. The van der Waals surface area contributed by atoms with Crippen LogP contribution in [-0.2, 0) is 16.9 Å². The highest BCUT2D eigenvalue weighted by molar-refractivity contribution is 5.72. The minimum atomic E-state index is -0.174. The van der Waals surface area contributed by atoms with Crippen molar-refractivity contribution in [2.45, 2.75) is 31.8 Å². The Morgan fingerprint density at radius 3 is 2.80 bits per heavy atom. The van der Waals surface area contributed by atoms with Gasteiger partial charge in [0.15, 0.2) is 0 Å². The van der Waals surface area contributed by atoms with Gasteiger partial charge in [0.1, 0.15) is 0 Å². The van der Waals surface area contributed by atoms with Gasteiger partial charge in [-0.05, 0) is 24.5 Å². The predicted molar refractivity (Wildman–Crippen MR) is 56.9 cm³/mol. The second-order valence-corrected chi connectivity index (χ2v) is 4.12. The highest BCUT2D eigenvalue weighted by Crippen LogP contribution is 2.41. The smallest absolute Gasteiger partial charge is 0.217 e. The normalized spacial score (nSPS) is 17.2. The van der Waals surface area contributed by atoms with Crippen LogP contribution >= 0.6 is 0 Å². The van der Waals surface area contributed by atoms with Crippen LogP contribution in [0.25, 0.3) is 0 Å². The van der Waals surface area contributed by atoms with E-state index in [0.29, 0.717) is 6.54 Å². The second-order valence-electron chi connectivity index (χ2n) is 4.12. The molecule has 1 aromatic heterocycles. The SMILES string of the molecule is CC(=O)NCc1ccc(C2(N)CC2)nc1. The lowest BCUT2D eigenvalue weighted by Gasteiger charge is -2.08. The molecule has 4 nitrogen and oxygen atoms in total. The topological polar surface area (TPSA) is 68.0 Å². The van der Waals surface area contributed by atoms with Crippen molar-refractivity contribution >= 4 is 5.91 Å². The Morgan fingerprint density at radius 2 is 2.33 bits per heavy atom. The van der Waals surface area contributed by atoms with E-state index < -0.39 is 0 Å². The molecule has 0 aliphatic heterocycles. The van der Waals surface area contributed by atoms with E-state index in [1.165, 1.54) is 6.92 Å². The van der Waals surface area contributed by atoms with Crippen molar-refractivity contribution < 1.29 is 4.79 Å². The first kappa shape index (κ1) is 10.1. The number of carbonyl (C=O) groups is 1. The number of hydrogen-bond donors (Lipinski definition) is 2. The molecule has 1 aromatic rings. The van der Waals surface area contributed by atoms with E-state index in [1.807, 2.05) is 12.1 Å². The maximum Gasteiger partial charge on any atom is 0.217 e. The number of amides is 1. The van der Waals surface area contributed by atoms with Crippen LogP contribution in [0.3, 0.4) is 0 Å². The molecule has 0 bridgehead atoms. The third kappa shape index (κ3) is 2.33. The predicted octanol–water partition coefficient (Wildman–Crippen LogP) is 0.665. The fourth-order valence-electron chi connectivity index (χ4n) is 1.44. The lowest BCUT2D eigenvalue weighted by atomic mass is 10.1. The highest BCUT2D eigenvalue weighted by atomic mass is 16.1. The van der Waals surface area contributed by atoms with Crippen molar-refractivity contribution in [3.8, 4) is 0 Å². The molecule has 1 heterocycles. The summed E-state index contributed by atoms with van der Waals surface area (Å²) in [7, 11) is 0. The van der Waals surface area contributed by atoms with Crippen LogP contribution in [0.1, 0.15) is 31.0 Å². The van der Waals surface area contributed by atoms with Gasteiger partial charge in [0.05, 0.1) is 11.2 Å². The molecule has 0 unspecified atom stereocenters. The minimum absolute atomic E-state index is 0.0310. The maximum atomic E-state index is 10.7. The third-order valence-corrected chi connectivity index (χ3v) is 2.66. The summed E-state index contributed by atoms with van der Waals surface area (Å²) in [6, 6.07) is 3.91. The number of pyridine rings is 1. The summed E-state index contributed by atoms with van der Waals surface area (Å²) in [4.78, 5) is 15.0. The van der Waals surface area contributed by atoms with Crippen LogP contribution in [0, 0.1) is 0 Å². The lowest BCUT2D eigenvalue weighted by molar-refractivity contribution is -0.119. The molecule has 0 aromatic carbocycles. The Morgan fingerprint density at radius 1 is 1.60 bits per heavy atom. The third-order valence-electron chi connectivity index (χ3n) is 2.66. The molecule has 0 saturated heterocycles. The van der Waals surface area contributed by atoms with Gasteiger partial charge < -0.3 is 11.1 Å². The Kier molecular flexibility index (Phi) is 2.44. The summed E-state index contributed by atoms with van der Waals surface area (Å²) in [5, 5.41) is 2.73. The van der Waals surface area contributed by atoms with E-state index in [1.54, 1.807) is 6.20 Å². The molecule has 0 atom stereocenters. The summed E-state index contributed by atoms with van der Waals surface area (Å²) < 4.78 is 0. The van der Waals surface area contributed by atoms with E-state index >= 15 is 0 Å². The van der Waals surface area contributed by atoms with Gasteiger partial charge in [-0.2, -0.15) is 0 Å². The van der Waals surface area contributed by atoms with Gasteiger partial charge >= 0.3 is 0 Å². The number of hydrogen-bond acceptors (Lipinski definition) is 3. The first-order valence-electron chi connectivity index (χ1n) is 5.09. The molecular weight excluding hydrogens is 190 g/mol. The maximum absolute atomic E-state index is 10.7. The van der Waals surface area contributed by atoms with Crippen LogP contribution in [-0.4, -0.2) is 10.9 Å². The lowest BCUT2D eigenvalue weighted by Crippen LogP contribution is -2.21. The van der Waals surface area contributed by atoms with Crippen molar-refractivity contribution in [1.82, 2.24) is 10.3 Å². The molecule has 1 saturated carbocycles. The molecule has 0 radical (unpaired) electrons. The van der Waals surface area contributed by atoms with Crippen molar-refractivity contribution in [2.75, 3.05) is 0 Å². The fraction of sp³-hybridized carbons (Fsp3) is 0.455. The Balaban J connectivity index is 2.01. The van der Waals surface area contributed by atoms with E-state index in [2.05, 4.69) is 10.3 Å². The first-order chi connectivity index (χ1) is 7.10. The number of carbonyl (C=O) groups excluding carboxylic acids is 1. The van der Waals surface area contributed by atoms with Gasteiger partial charge in [-0.15, -0.1) is 0 Å². The van der Waals surface area contributed by atoms with Gasteiger partial charge in [0, 0.05) is 19.7 Å². The van der Waals surface area contributed by atoms with Crippen LogP contribution in [0.5, 0.6) is 0 Å². The zero-order valence-electron chi connectivity index (χ0n) is 8.79. The summed E-state index contributed by atoms with van der Waals surface area (Å²) in [6.07, 6.45) is 3.81. The number of nitrogens with one attached hydrogen (secondary N) is 1. The molecule has 3 N–H and O–H groups in total. The Bertz CT molecular complexity index is 368. The summed E-state index contributed by atoms with van der Waals surface area (Å²) in [5.41, 5.74) is 7.79. The molecule has 1 aliphatic carbocycles. The van der Waals surface area contributed by atoms with Gasteiger partial charge in [-0.3, -0.25) is 9.78 Å². The van der Waals surface area contributed by atoms with E-state index in [-0.39, 0.29) is 11.4 Å². The van der Waals surface area contributed by atoms with Crippen molar-refractivity contribution in [2.24, 2.45) is 5.73 Å². The zero-order valence-corrected chi connectivity index (χ0v) is 8.79. The minimum Gasteiger partial charge on any atom is -0.352 e. The number of aromatic nitrogens is 1. The average Bonchev–Trinajstić information content (AvgIpc) is 2.96.